The van der Waals surface area contributed by atoms with Crippen LogP contribution in [0.15, 0.2) is 35.3 Å². The number of halogens is 1. The highest BCUT2D eigenvalue weighted by atomic mass is 32.2. The molecular weight excluding hydrogens is 309 g/mol. The number of ether oxygens (including phenoxy) is 1. The Balaban J connectivity index is 2.65. The molecule has 118 valence electrons. The zero-order valence-electron chi connectivity index (χ0n) is 12.5. The van der Waals surface area contributed by atoms with Crippen molar-refractivity contribution in [3.8, 4) is 16.9 Å². The number of benzene rings is 1. The molecular formula is C15H16FNO4S. The van der Waals surface area contributed by atoms with Gasteiger partial charge in [0.1, 0.15) is 11.6 Å². The zero-order valence-corrected chi connectivity index (χ0v) is 13.3. The molecule has 0 saturated carbocycles. The molecule has 2 aromatic rings. The van der Waals surface area contributed by atoms with E-state index in [0.29, 0.717) is 11.1 Å². The van der Waals surface area contributed by atoms with Gasteiger partial charge in [-0.2, -0.15) is 0 Å². The smallest absolute Gasteiger partial charge is 0.250 e. The average Bonchev–Trinajstić information content (AvgIpc) is 2.42. The van der Waals surface area contributed by atoms with E-state index in [1.54, 1.807) is 19.3 Å². The van der Waals surface area contributed by atoms with Crippen molar-refractivity contribution in [3.63, 3.8) is 0 Å². The lowest BCUT2D eigenvalue weighted by molar-refractivity contribution is 0.412. The number of aromatic nitrogens is 1. The Morgan fingerprint density at radius 1 is 1.27 bits per heavy atom. The summed E-state index contributed by atoms with van der Waals surface area (Å²) in [6, 6.07) is 5.56. The quantitative estimate of drug-likeness (QED) is 0.859. The van der Waals surface area contributed by atoms with Crippen LogP contribution in [0.3, 0.4) is 0 Å². The molecule has 0 aliphatic carbocycles. The molecule has 0 N–H and O–H groups in total. The van der Waals surface area contributed by atoms with Crippen LogP contribution < -0.4 is 10.3 Å². The summed E-state index contributed by atoms with van der Waals surface area (Å²) in [7, 11) is -0.373. The van der Waals surface area contributed by atoms with Crippen molar-refractivity contribution >= 4 is 9.84 Å². The van der Waals surface area contributed by atoms with Crippen LogP contribution in [0.5, 0.6) is 5.75 Å². The van der Waals surface area contributed by atoms with Crippen LogP contribution in [0, 0.1) is 5.82 Å². The van der Waals surface area contributed by atoms with Crippen LogP contribution in [0.4, 0.5) is 4.39 Å². The van der Waals surface area contributed by atoms with E-state index >= 15 is 0 Å². The lowest BCUT2D eigenvalue weighted by Gasteiger charge is -2.12. The summed E-state index contributed by atoms with van der Waals surface area (Å²) < 4.78 is 43.4. The van der Waals surface area contributed by atoms with Gasteiger partial charge in [0.2, 0.25) is 5.56 Å². The van der Waals surface area contributed by atoms with Crippen LogP contribution >= 0.6 is 0 Å². The van der Waals surface area contributed by atoms with Crippen molar-refractivity contribution in [2.45, 2.75) is 5.75 Å². The highest BCUT2D eigenvalue weighted by molar-refractivity contribution is 7.89. The summed E-state index contributed by atoms with van der Waals surface area (Å²) >= 11 is 0. The number of nitrogens with zero attached hydrogens (tertiary/aromatic N) is 1. The minimum absolute atomic E-state index is 0.0622. The molecule has 0 atom stereocenters. The summed E-state index contributed by atoms with van der Waals surface area (Å²) in [6.45, 7) is 0. The molecule has 7 heteroatoms. The normalized spacial score (nSPS) is 11.5. The minimum Gasteiger partial charge on any atom is -0.496 e. The maximum Gasteiger partial charge on any atom is 0.250 e. The molecule has 2 rings (SSSR count). The summed E-state index contributed by atoms with van der Waals surface area (Å²) in [4.78, 5) is 11.5. The van der Waals surface area contributed by atoms with Gasteiger partial charge >= 0.3 is 0 Å². The highest BCUT2D eigenvalue weighted by Crippen LogP contribution is 2.32. The molecule has 0 amide bonds. The second-order valence-electron chi connectivity index (χ2n) is 5.08. The third-order valence-electron chi connectivity index (χ3n) is 3.18. The fourth-order valence-corrected chi connectivity index (χ4v) is 2.93. The lowest BCUT2D eigenvalue weighted by Crippen LogP contribution is -2.14. The van der Waals surface area contributed by atoms with Gasteiger partial charge in [0.25, 0.3) is 0 Å². The van der Waals surface area contributed by atoms with E-state index in [9.17, 15) is 17.6 Å². The predicted molar refractivity (Wildman–Crippen MR) is 82.2 cm³/mol. The topological polar surface area (TPSA) is 65.4 Å². The number of hydrogen-bond donors (Lipinski definition) is 0. The molecule has 1 aromatic heterocycles. The summed E-state index contributed by atoms with van der Waals surface area (Å²) in [5.74, 6) is -0.772. The largest absolute Gasteiger partial charge is 0.496 e. The van der Waals surface area contributed by atoms with E-state index in [4.69, 9.17) is 4.74 Å². The van der Waals surface area contributed by atoms with E-state index in [1.165, 1.54) is 23.8 Å². The van der Waals surface area contributed by atoms with Gasteiger partial charge in [0.15, 0.2) is 9.84 Å². The third kappa shape index (κ3) is 3.54. The molecule has 1 aromatic carbocycles. The van der Waals surface area contributed by atoms with Gasteiger partial charge in [-0.15, -0.1) is 0 Å². The number of pyridine rings is 1. The van der Waals surface area contributed by atoms with Gasteiger partial charge < -0.3 is 9.30 Å². The molecule has 0 radical (unpaired) electrons. The van der Waals surface area contributed by atoms with Crippen LogP contribution in [-0.2, 0) is 22.6 Å². The van der Waals surface area contributed by atoms with Gasteiger partial charge in [0.05, 0.1) is 12.9 Å². The Morgan fingerprint density at radius 2 is 1.95 bits per heavy atom. The maximum atomic E-state index is 14.0. The Labute approximate surface area is 127 Å². The van der Waals surface area contributed by atoms with Crippen molar-refractivity contribution in [2.75, 3.05) is 13.4 Å². The fourth-order valence-electron chi connectivity index (χ4n) is 2.14. The van der Waals surface area contributed by atoms with Gasteiger partial charge in [-0.3, -0.25) is 4.79 Å². The molecule has 0 bridgehead atoms. The maximum absolute atomic E-state index is 14.0. The first-order chi connectivity index (χ1) is 10.2. The predicted octanol–water partition coefficient (Wildman–Crippen LogP) is 1.74. The van der Waals surface area contributed by atoms with Crippen molar-refractivity contribution in [3.05, 3.63) is 52.2 Å². The Bertz CT molecular complexity index is 872. The fraction of sp³-hybridized carbons (Fsp3) is 0.267. The second-order valence-corrected chi connectivity index (χ2v) is 7.22. The summed E-state index contributed by atoms with van der Waals surface area (Å²) in [6.07, 6.45) is 2.63. The molecule has 0 aliphatic rings. The van der Waals surface area contributed by atoms with E-state index in [1.807, 2.05) is 0 Å². The van der Waals surface area contributed by atoms with Gasteiger partial charge in [-0.25, -0.2) is 12.8 Å². The molecule has 0 saturated heterocycles. The van der Waals surface area contributed by atoms with Crippen molar-refractivity contribution in [2.24, 2.45) is 7.05 Å². The Morgan fingerprint density at radius 3 is 2.50 bits per heavy atom. The van der Waals surface area contributed by atoms with E-state index in [-0.39, 0.29) is 16.9 Å². The zero-order chi connectivity index (χ0) is 16.5. The van der Waals surface area contributed by atoms with Gasteiger partial charge in [-0.05, 0) is 12.1 Å². The van der Waals surface area contributed by atoms with E-state index < -0.39 is 21.4 Å². The van der Waals surface area contributed by atoms with Crippen LogP contribution in [0.1, 0.15) is 5.56 Å². The second kappa shape index (κ2) is 5.92. The SMILES string of the molecule is COc1cc(F)c(CS(C)(=O)=O)cc1-c1ccc(=O)n(C)c1. The van der Waals surface area contributed by atoms with Crippen LogP contribution in [0.2, 0.25) is 0 Å². The van der Waals surface area contributed by atoms with Gasteiger partial charge in [-0.1, -0.05) is 0 Å². The minimum atomic E-state index is -3.37. The Hall–Kier alpha value is -2.15. The number of methoxy groups -OCH3 is 1. The standard InChI is InChI=1S/C15H16FNO4S/c1-17-8-10(4-5-15(17)18)12-6-11(9-22(3,19)20)13(16)7-14(12)21-2/h4-8H,9H2,1-3H3. The average molecular weight is 325 g/mol. The number of hydrogen-bond acceptors (Lipinski definition) is 4. The van der Waals surface area contributed by atoms with E-state index in [2.05, 4.69) is 0 Å². The van der Waals surface area contributed by atoms with E-state index in [0.717, 1.165) is 12.3 Å². The molecule has 0 spiro atoms. The number of rotatable bonds is 4. The molecule has 0 unspecified atom stereocenters. The van der Waals surface area contributed by atoms with Crippen molar-refractivity contribution in [1.82, 2.24) is 4.57 Å². The van der Waals surface area contributed by atoms with Crippen molar-refractivity contribution in [1.29, 1.82) is 0 Å². The molecule has 1 heterocycles. The monoisotopic (exact) mass is 325 g/mol. The summed E-state index contributed by atoms with van der Waals surface area (Å²) in [5, 5.41) is 0. The number of sulfone groups is 1. The molecule has 0 fully saturated rings. The number of aryl methyl sites for hydroxylation is 1. The first kappa shape index (κ1) is 16.2. The Kier molecular flexibility index (Phi) is 4.37. The van der Waals surface area contributed by atoms with Gasteiger partial charge in [0, 0.05) is 48.3 Å². The highest BCUT2D eigenvalue weighted by Gasteiger charge is 2.16. The summed E-state index contributed by atoms with van der Waals surface area (Å²) in [5.41, 5.74) is 1.04. The third-order valence-corrected chi connectivity index (χ3v) is 4.02. The molecule has 22 heavy (non-hydrogen) atoms. The molecule has 5 nitrogen and oxygen atoms in total. The molecule has 0 aliphatic heterocycles. The first-order valence-electron chi connectivity index (χ1n) is 6.42. The van der Waals surface area contributed by atoms with Crippen LogP contribution in [0.25, 0.3) is 11.1 Å². The lowest BCUT2D eigenvalue weighted by atomic mass is 10.0. The first-order valence-corrected chi connectivity index (χ1v) is 8.48. The van der Waals surface area contributed by atoms with Crippen LogP contribution in [-0.4, -0.2) is 26.4 Å². The van der Waals surface area contributed by atoms with Crippen molar-refractivity contribution < 1.29 is 17.5 Å².